The molecule has 25 heavy (non-hydrogen) atoms. The van der Waals surface area contributed by atoms with Gasteiger partial charge in [-0.15, -0.1) is 0 Å². The SMILES string of the molecule is CCOCC1CCN(C(=NC)NCC(CC)Cc2cccc(Br)c2)C1. The molecule has 1 saturated heterocycles. The lowest BCUT2D eigenvalue weighted by Gasteiger charge is -2.24. The number of nitrogens with one attached hydrogen (secondary N) is 1. The molecule has 0 aliphatic carbocycles. The van der Waals surface area contributed by atoms with E-state index in [1.54, 1.807) is 0 Å². The van der Waals surface area contributed by atoms with Gasteiger partial charge < -0.3 is 15.0 Å². The molecule has 5 heteroatoms. The predicted molar refractivity (Wildman–Crippen MR) is 109 cm³/mol. The van der Waals surface area contributed by atoms with E-state index in [4.69, 9.17) is 4.74 Å². The molecule has 4 nitrogen and oxygen atoms in total. The number of ether oxygens (including phenoxy) is 1. The van der Waals surface area contributed by atoms with Crippen LogP contribution in [0, 0.1) is 11.8 Å². The van der Waals surface area contributed by atoms with Crippen LogP contribution in [-0.2, 0) is 11.2 Å². The Morgan fingerprint density at radius 3 is 2.96 bits per heavy atom. The van der Waals surface area contributed by atoms with Crippen molar-refractivity contribution >= 4 is 21.9 Å². The number of guanidine groups is 1. The number of rotatable bonds is 8. The standard InChI is InChI=1S/C20H32BrN3O/c1-4-16(11-17-7-6-8-19(21)12-17)13-23-20(22-3)24-10-9-18(14-24)15-25-5-2/h6-8,12,16,18H,4-5,9-11,13-15H2,1-3H3,(H,22,23). The molecule has 0 bridgehead atoms. The molecule has 1 fully saturated rings. The predicted octanol–water partition coefficient (Wildman–Crippen LogP) is 3.95. The van der Waals surface area contributed by atoms with Crippen LogP contribution in [0.25, 0.3) is 0 Å². The molecule has 0 spiro atoms. The average molecular weight is 410 g/mol. The van der Waals surface area contributed by atoms with Crippen molar-refractivity contribution in [1.82, 2.24) is 10.2 Å². The molecule has 0 amide bonds. The van der Waals surface area contributed by atoms with Crippen LogP contribution in [0.4, 0.5) is 0 Å². The molecular weight excluding hydrogens is 378 g/mol. The summed E-state index contributed by atoms with van der Waals surface area (Å²) in [6.07, 6.45) is 3.44. The third-order valence-electron chi connectivity index (χ3n) is 4.89. The van der Waals surface area contributed by atoms with Crippen molar-refractivity contribution in [3.63, 3.8) is 0 Å². The van der Waals surface area contributed by atoms with E-state index in [9.17, 15) is 0 Å². The van der Waals surface area contributed by atoms with Gasteiger partial charge in [0.15, 0.2) is 5.96 Å². The second-order valence-corrected chi connectivity index (χ2v) is 7.71. The average Bonchev–Trinajstić information content (AvgIpc) is 3.08. The number of hydrogen-bond acceptors (Lipinski definition) is 2. The molecule has 0 saturated carbocycles. The van der Waals surface area contributed by atoms with Crippen LogP contribution in [-0.4, -0.2) is 50.8 Å². The van der Waals surface area contributed by atoms with Gasteiger partial charge in [0.2, 0.25) is 0 Å². The molecular formula is C20H32BrN3O. The van der Waals surface area contributed by atoms with Crippen molar-refractivity contribution in [1.29, 1.82) is 0 Å². The smallest absolute Gasteiger partial charge is 0.193 e. The summed E-state index contributed by atoms with van der Waals surface area (Å²) >= 11 is 3.56. The zero-order valence-corrected chi connectivity index (χ0v) is 17.4. The van der Waals surface area contributed by atoms with Gasteiger partial charge >= 0.3 is 0 Å². The largest absolute Gasteiger partial charge is 0.381 e. The zero-order valence-electron chi connectivity index (χ0n) is 15.8. The van der Waals surface area contributed by atoms with Crippen LogP contribution < -0.4 is 5.32 Å². The quantitative estimate of drug-likeness (QED) is 0.521. The lowest BCUT2D eigenvalue weighted by Crippen LogP contribution is -2.42. The van der Waals surface area contributed by atoms with E-state index in [2.05, 4.69) is 69.3 Å². The Labute approximate surface area is 161 Å². The van der Waals surface area contributed by atoms with Crippen LogP contribution in [0.5, 0.6) is 0 Å². The molecule has 1 heterocycles. The van der Waals surface area contributed by atoms with Gasteiger partial charge in [-0.2, -0.15) is 0 Å². The fraction of sp³-hybridized carbons (Fsp3) is 0.650. The lowest BCUT2D eigenvalue weighted by atomic mass is 9.97. The number of likely N-dealkylation sites (tertiary alicyclic amines) is 1. The highest BCUT2D eigenvalue weighted by Crippen LogP contribution is 2.18. The molecule has 2 unspecified atom stereocenters. The minimum Gasteiger partial charge on any atom is -0.381 e. The maximum atomic E-state index is 5.58. The van der Waals surface area contributed by atoms with Gasteiger partial charge in [0.05, 0.1) is 6.61 Å². The van der Waals surface area contributed by atoms with E-state index < -0.39 is 0 Å². The van der Waals surface area contributed by atoms with Gasteiger partial charge in [0.1, 0.15) is 0 Å². The van der Waals surface area contributed by atoms with E-state index in [0.717, 1.165) is 56.1 Å². The van der Waals surface area contributed by atoms with Gasteiger partial charge in [0, 0.05) is 43.7 Å². The van der Waals surface area contributed by atoms with Crippen molar-refractivity contribution in [2.75, 3.05) is 39.9 Å². The Hall–Kier alpha value is -1.07. The lowest BCUT2D eigenvalue weighted by molar-refractivity contribution is 0.114. The normalized spacial score (nSPS) is 19.3. The highest BCUT2D eigenvalue weighted by atomic mass is 79.9. The molecule has 1 N–H and O–H groups in total. The van der Waals surface area contributed by atoms with Gasteiger partial charge in [0.25, 0.3) is 0 Å². The minimum atomic E-state index is 0.605. The molecule has 140 valence electrons. The van der Waals surface area contributed by atoms with Gasteiger partial charge in [-0.3, -0.25) is 4.99 Å². The first kappa shape index (κ1) is 20.2. The summed E-state index contributed by atoms with van der Waals surface area (Å²) in [5.41, 5.74) is 1.39. The van der Waals surface area contributed by atoms with E-state index in [0.29, 0.717) is 11.8 Å². The fourth-order valence-corrected chi connectivity index (χ4v) is 3.82. The number of halogens is 1. The number of hydrogen-bond donors (Lipinski definition) is 1. The first-order valence-corrected chi connectivity index (χ1v) is 10.2. The van der Waals surface area contributed by atoms with Crippen LogP contribution in [0.1, 0.15) is 32.3 Å². The second-order valence-electron chi connectivity index (χ2n) is 6.80. The second kappa shape index (κ2) is 10.8. The minimum absolute atomic E-state index is 0.605. The van der Waals surface area contributed by atoms with Crippen molar-refractivity contribution in [3.8, 4) is 0 Å². The number of nitrogens with zero attached hydrogens (tertiary/aromatic N) is 2. The summed E-state index contributed by atoms with van der Waals surface area (Å²) in [7, 11) is 1.88. The van der Waals surface area contributed by atoms with Gasteiger partial charge in [-0.25, -0.2) is 0 Å². The van der Waals surface area contributed by atoms with E-state index in [1.165, 1.54) is 12.0 Å². The van der Waals surface area contributed by atoms with E-state index >= 15 is 0 Å². The highest BCUT2D eigenvalue weighted by Gasteiger charge is 2.25. The Morgan fingerprint density at radius 1 is 1.44 bits per heavy atom. The molecule has 0 radical (unpaired) electrons. The summed E-state index contributed by atoms with van der Waals surface area (Å²) in [4.78, 5) is 6.87. The topological polar surface area (TPSA) is 36.9 Å². The molecule has 2 rings (SSSR count). The van der Waals surface area contributed by atoms with Crippen LogP contribution >= 0.6 is 15.9 Å². The Bertz CT molecular complexity index is 549. The summed E-state index contributed by atoms with van der Waals surface area (Å²) in [6, 6.07) is 8.62. The highest BCUT2D eigenvalue weighted by molar-refractivity contribution is 9.10. The first-order chi connectivity index (χ1) is 12.2. The summed E-state index contributed by atoms with van der Waals surface area (Å²) in [5, 5.41) is 3.60. The molecule has 1 aliphatic rings. The summed E-state index contributed by atoms with van der Waals surface area (Å²) < 4.78 is 6.73. The summed E-state index contributed by atoms with van der Waals surface area (Å²) in [5.74, 6) is 2.27. The molecule has 2 atom stereocenters. The third kappa shape index (κ3) is 6.63. The molecule has 1 aromatic rings. The number of benzene rings is 1. The van der Waals surface area contributed by atoms with Crippen molar-refractivity contribution < 1.29 is 4.74 Å². The van der Waals surface area contributed by atoms with Crippen molar-refractivity contribution in [3.05, 3.63) is 34.3 Å². The van der Waals surface area contributed by atoms with Crippen LogP contribution in [0.2, 0.25) is 0 Å². The first-order valence-electron chi connectivity index (χ1n) is 9.44. The Morgan fingerprint density at radius 2 is 2.28 bits per heavy atom. The number of aliphatic imine (C=N–C) groups is 1. The van der Waals surface area contributed by atoms with Crippen molar-refractivity contribution in [2.24, 2.45) is 16.8 Å². The van der Waals surface area contributed by atoms with Crippen LogP contribution in [0.15, 0.2) is 33.7 Å². The maximum absolute atomic E-state index is 5.58. The van der Waals surface area contributed by atoms with E-state index in [-0.39, 0.29) is 0 Å². The van der Waals surface area contributed by atoms with Crippen LogP contribution in [0.3, 0.4) is 0 Å². The fourth-order valence-electron chi connectivity index (χ4n) is 3.37. The molecule has 1 aromatic carbocycles. The molecule has 0 aromatic heterocycles. The van der Waals surface area contributed by atoms with Gasteiger partial charge in [-0.1, -0.05) is 41.4 Å². The Balaban J connectivity index is 1.82. The monoisotopic (exact) mass is 409 g/mol. The third-order valence-corrected chi connectivity index (χ3v) is 5.39. The summed E-state index contributed by atoms with van der Waals surface area (Å²) in [6.45, 7) is 9.07. The maximum Gasteiger partial charge on any atom is 0.193 e. The Kier molecular flexibility index (Phi) is 8.76. The molecule has 1 aliphatic heterocycles. The van der Waals surface area contributed by atoms with Crippen molar-refractivity contribution in [2.45, 2.75) is 33.1 Å². The van der Waals surface area contributed by atoms with E-state index in [1.807, 2.05) is 7.05 Å². The zero-order chi connectivity index (χ0) is 18.1. The van der Waals surface area contributed by atoms with Gasteiger partial charge in [-0.05, 0) is 43.4 Å².